The van der Waals surface area contributed by atoms with E-state index < -0.39 is 5.91 Å². The molecule has 1 saturated carbocycles. The number of amides is 1. The van der Waals surface area contributed by atoms with Gasteiger partial charge in [0.15, 0.2) is 0 Å². The lowest BCUT2D eigenvalue weighted by molar-refractivity contribution is -0.149. The number of nitrogens with zero attached hydrogens (tertiary/aromatic N) is 3. The molecular weight excluding hydrogens is 315 g/mol. The fourth-order valence-electron chi connectivity index (χ4n) is 2.66. The van der Waals surface area contributed by atoms with Gasteiger partial charge in [0, 0.05) is 6.04 Å². The van der Waals surface area contributed by atoms with Crippen molar-refractivity contribution in [3.05, 3.63) is 41.7 Å². The van der Waals surface area contributed by atoms with E-state index in [1.165, 1.54) is 23.9 Å². The second-order valence-corrected chi connectivity index (χ2v) is 5.73. The van der Waals surface area contributed by atoms with Crippen molar-refractivity contribution in [1.82, 2.24) is 20.1 Å². The number of halogens is 1. The molecule has 0 spiro atoms. The molecule has 126 valence electrons. The molecule has 1 heterocycles. The van der Waals surface area contributed by atoms with Crippen LogP contribution >= 0.6 is 0 Å². The number of benzene rings is 1. The Balaban J connectivity index is 1.66. The van der Waals surface area contributed by atoms with Crippen LogP contribution in [0, 0.1) is 18.7 Å². The molecule has 0 radical (unpaired) electrons. The monoisotopic (exact) mass is 332 g/mol. The maximum atomic E-state index is 13.0. The fourth-order valence-corrected chi connectivity index (χ4v) is 2.66. The van der Waals surface area contributed by atoms with Gasteiger partial charge < -0.3 is 10.1 Å². The molecule has 3 rings (SSSR count). The molecule has 24 heavy (non-hydrogen) atoms. The van der Waals surface area contributed by atoms with Crippen molar-refractivity contribution in [2.24, 2.45) is 5.92 Å². The Bertz CT molecular complexity index is 766. The number of hydrogen-bond donors (Lipinski definition) is 1. The van der Waals surface area contributed by atoms with Gasteiger partial charge in [-0.3, -0.25) is 9.59 Å². The molecule has 0 unspecified atom stereocenters. The average molecular weight is 332 g/mol. The second kappa shape index (κ2) is 6.38. The summed E-state index contributed by atoms with van der Waals surface area (Å²) in [6, 6.07) is 5.67. The molecule has 1 fully saturated rings. The zero-order valence-corrected chi connectivity index (χ0v) is 13.3. The van der Waals surface area contributed by atoms with E-state index in [-0.39, 0.29) is 29.6 Å². The molecule has 1 aromatic heterocycles. The number of esters is 1. The van der Waals surface area contributed by atoms with Crippen molar-refractivity contribution in [1.29, 1.82) is 0 Å². The van der Waals surface area contributed by atoms with E-state index in [1.807, 2.05) is 0 Å². The van der Waals surface area contributed by atoms with Crippen molar-refractivity contribution in [3.63, 3.8) is 0 Å². The Morgan fingerprint density at radius 2 is 1.96 bits per heavy atom. The van der Waals surface area contributed by atoms with E-state index in [9.17, 15) is 14.0 Å². The number of ether oxygens (including phenoxy) is 1. The molecule has 7 nitrogen and oxygen atoms in total. The van der Waals surface area contributed by atoms with E-state index in [0.717, 1.165) is 0 Å². The number of hydrogen-bond acceptors (Lipinski definition) is 5. The SMILES string of the molecule is COC(=O)C1CC(NC(=O)c2nc(C)n(-c3ccc(F)cc3)n2)C1. The Morgan fingerprint density at radius 3 is 2.58 bits per heavy atom. The standard InChI is InChI=1S/C16H17FN4O3/c1-9-18-14(20-21(9)13-5-3-11(17)4-6-13)15(22)19-12-7-10(8-12)16(23)24-2/h3-6,10,12H,7-8H2,1-2H3,(H,19,22). The largest absolute Gasteiger partial charge is 0.469 e. The molecule has 0 atom stereocenters. The lowest BCUT2D eigenvalue weighted by Crippen LogP contribution is -2.47. The summed E-state index contributed by atoms with van der Waals surface area (Å²) in [6.07, 6.45) is 1.10. The molecule has 0 saturated heterocycles. The molecule has 1 amide bonds. The van der Waals surface area contributed by atoms with Crippen LogP contribution in [0.2, 0.25) is 0 Å². The summed E-state index contributed by atoms with van der Waals surface area (Å²) >= 11 is 0. The zero-order valence-electron chi connectivity index (χ0n) is 13.3. The first-order valence-corrected chi connectivity index (χ1v) is 7.56. The van der Waals surface area contributed by atoms with Gasteiger partial charge in [-0.05, 0) is 44.0 Å². The minimum Gasteiger partial charge on any atom is -0.469 e. The Labute approximate surface area is 137 Å². The van der Waals surface area contributed by atoms with Crippen LogP contribution in [0.4, 0.5) is 4.39 Å². The van der Waals surface area contributed by atoms with Crippen LogP contribution in [-0.4, -0.2) is 39.8 Å². The third-order valence-corrected chi connectivity index (χ3v) is 4.05. The number of rotatable bonds is 4. The highest BCUT2D eigenvalue weighted by molar-refractivity contribution is 5.91. The Hall–Kier alpha value is -2.77. The molecule has 1 aliphatic carbocycles. The van der Waals surface area contributed by atoms with Crippen LogP contribution in [-0.2, 0) is 9.53 Å². The minimum absolute atomic E-state index is 0.0401. The smallest absolute Gasteiger partial charge is 0.308 e. The predicted octanol–water partition coefficient (Wildman–Crippen LogP) is 1.40. The summed E-state index contributed by atoms with van der Waals surface area (Å²) in [6.45, 7) is 1.71. The van der Waals surface area contributed by atoms with Gasteiger partial charge in [-0.15, -0.1) is 5.10 Å². The third kappa shape index (κ3) is 3.12. The molecule has 1 aromatic carbocycles. The van der Waals surface area contributed by atoms with Crippen LogP contribution in [0.15, 0.2) is 24.3 Å². The number of nitrogens with one attached hydrogen (secondary N) is 1. The number of carbonyl (C=O) groups excluding carboxylic acids is 2. The summed E-state index contributed by atoms with van der Waals surface area (Å²) in [4.78, 5) is 27.7. The number of methoxy groups -OCH3 is 1. The van der Waals surface area contributed by atoms with Crippen LogP contribution in [0.5, 0.6) is 0 Å². The van der Waals surface area contributed by atoms with Crippen molar-refractivity contribution in [2.45, 2.75) is 25.8 Å². The van der Waals surface area contributed by atoms with E-state index >= 15 is 0 Å². The van der Waals surface area contributed by atoms with Gasteiger partial charge in [0.25, 0.3) is 5.91 Å². The Kier molecular flexibility index (Phi) is 4.28. The number of carbonyl (C=O) groups is 2. The Morgan fingerprint density at radius 1 is 1.29 bits per heavy atom. The quantitative estimate of drug-likeness (QED) is 0.855. The van der Waals surface area contributed by atoms with Gasteiger partial charge in [0.2, 0.25) is 5.82 Å². The van der Waals surface area contributed by atoms with Crippen molar-refractivity contribution in [3.8, 4) is 5.69 Å². The lowest BCUT2D eigenvalue weighted by atomic mass is 9.80. The maximum absolute atomic E-state index is 13.0. The van der Waals surface area contributed by atoms with Gasteiger partial charge in [-0.2, -0.15) is 0 Å². The van der Waals surface area contributed by atoms with E-state index in [4.69, 9.17) is 0 Å². The van der Waals surface area contributed by atoms with Crippen LogP contribution < -0.4 is 5.32 Å². The highest BCUT2D eigenvalue weighted by Crippen LogP contribution is 2.28. The van der Waals surface area contributed by atoms with Crippen LogP contribution in [0.3, 0.4) is 0 Å². The van der Waals surface area contributed by atoms with Gasteiger partial charge in [0.05, 0.1) is 18.7 Å². The summed E-state index contributed by atoms with van der Waals surface area (Å²) < 4.78 is 19.1. The molecule has 1 N–H and O–H groups in total. The first kappa shape index (κ1) is 16.1. The van der Waals surface area contributed by atoms with Crippen molar-refractivity contribution in [2.75, 3.05) is 7.11 Å². The summed E-state index contributed by atoms with van der Waals surface area (Å²) in [5, 5.41) is 6.97. The van der Waals surface area contributed by atoms with Gasteiger partial charge in [0.1, 0.15) is 11.6 Å². The van der Waals surface area contributed by atoms with Crippen molar-refractivity contribution >= 4 is 11.9 Å². The third-order valence-electron chi connectivity index (χ3n) is 4.05. The lowest BCUT2D eigenvalue weighted by Gasteiger charge is -2.33. The maximum Gasteiger partial charge on any atom is 0.308 e. The van der Waals surface area contributed by atoms with Gasteiger partial charge in [-0.1, -0.05) is 0 Å². The number of aryl methyl sites for hydroxylation is 1. The summed E-state index contributed by atoms with van der Waals surface area (Å²) in [5.41, 5.74) is 0.620. The van der Waals surface area contributed by atoms with Crippen molar-refractivity contribution < 1.29 is 18.7 Å². The van der Waals surface area contributed by atoms with E-state index in [2.05, 4.69) is 20.1 Å². The molecular formula is C16H17FN4O3. The zero-order chi connectivity index (χ0) is 17.3. The minimum atomic E-state index is -0.396. The molecule has 2 aromatic rings. The van der Waals surface area contributed by atoms with Crippen LogP contribution in [0.1, 0.15) is 29.3 Å². The topological polar surface area (TPSA) is 86.1 Å². The molecule has 0 bridgehead atoms. The average Bonchev–Trinajstić information content (AvgIpc) is 2.92. The number of aromatic nitrogens is 3. The first-order valence-electron chi connectivity index (χ1n) is 7.56. The normalized spacial score (nSPS) is 19.5. The van der Waals surface area contributed by atoms with E-state index in [0.29, 0.717) is 24.4 Å². The van der Waals surface area contributed by atoms with Crippen LogP contribution in [0.25, 0.3) is 5.69 Å². The highest BCUT2D eigenvalue weighted by Gasteiger charge is 2.36. The fraction of sp³-hybridized carbons (Fsp3) is 0.375. The van der Waals surface area contributed by atoms with Gasteiger partial charge in [-0.25, -0.2) is 14.1 Å². The summed E-state index contributed by atoms with van der Waals surface area (Å²) in [7, 11) is 1.35. The molecule has 1 aliphatic rings. The molecule has 0 aliphatic heterocycles. The van der Waals surface area contributed by atoms with E-state index in [1.54, 1.807) is 19.1 Å². The second-order valence-electron chi connectivity index (χ2n) is 5.73. The van der Waals surface area contributed by atoms with Gasteiger partial charge >= 0.3 is 5.97 Å². The summed E-state index contributed by atoms with van der Waals surface area (Å²) in [5.74, 6) is -0.597. The highest BCUT2D eigenvalue weighted by atomic mass is 19.1. The predicted molar refractivity (Wildman–Crippen MR) is 82.0 cm³/mol. The first-order chi connectivity index (χ1) is 11.5. The molecule has 8 heteroatoms.